The number of nitrogens with zero attached hydrogens (tertiary/aromatic N) is 1. The maximum Gasteiger partial charge on any atom is 0.416 e. The Morgan fingerprint density at radius 1 is 1.12 bits per heavy atom. The number of methoxy groups -OCH3 is 1. The molecule has 3 aromatic rings. The van der Waals surface area contributed by atoms with Crippen molar-refractivity contribution in [2.75, 3.05) is 25.6 Å². The molecule has 0 fully saturated rings. The predicted molar refractivity (Wildman–Crippen MR) is 115 cm³/mol. The van der Waals surface area contributed by atoms with E-state index in [1.54, 1.807) is 24.3 Å². The van der Waals surface area contributed by atoms with E-state index in [2.05, 4.69) is 5.32 Å². The van der Waals surface area contributed by atoms with Gasteiger partial charge in [-0.05, 0) is 48.5 Å². The number of hydrogen-bond donors (Lipinski definition) is 1. The Kier molecular flexibility index (Phi) is 6.24. The summed E-state index contributed by atoms with van der Waals surface area (Å²) in [4.78, 5) is 26.0. The highest BCUT2D eigenvalue weighted by atomic mass is 19.4. The molecule has 2 heterocycles. The number of rotatable bonds is 5. The van der Waals surface area contributed by atoms with Crippen LogP contribution in [0.2, 0.25) is 0 Å². The molecule has 0 unspecified atom stereocenters. The summed E-state index contributed by atoms with van der Waals surface area (Å²) in [7, 11) is 1.44. The molecule has 0 aliphatic carbocycles. The standard InChI is InChI=1S/C24H21F3N2O4/c1-32-14-22(30)28-19-7-5-15(6-8-19)21-12-17-13-29(10-9-20(17)33-21)23(31)16-3-2-4-18(11-16)24(25,26)27/h2-8,11-12H,9-10,13-14H2,1H3,(H,28,30). The number of halogens is 3. The SMILES string of the molecule is COCC(=O)Nc1ccc(-c2cc3c(o2)CCN(C(=O)c2cccc(C(F)(F)F)c2)C3)cc1. The molecule has 33 heavy (non-hydrogen) atoms. The molecule has 9 heteroatoms. The fraction of sp³-hybridized carbons (Fsp3) is 0.250. The normalized spacial score (nSPS) is 13.5. The zero-order chi connectivity index (χ0) is 23.6. The molecule has 0 spiro atoms. The molecule has 0 saturated carbocycles. The van der Waals surface area contributed by atoms with Gasteiger partial charge in [-0.1, -0.05) is 6.07 Å². The van der Waals surface area contributed by atoms with Crippen LogP contribution in [0.15, 0.2) is 59.0 Å². The van der Waals surface area contributed by atoms with Crippen LogP contribution in [-0.4, -0.2) is 37.0 Å². The molecule has 6 nitrogen and oxygen atoms in total. The first-order valence-corrected chi connectivity index (χ1v) is 10.2. The van der Waals surface area contributed by atoms with E-state index in [1.807, 2.05) is 6.07 Å². The maximum absolute atomic E-state index is 13.0. The van der Waals surface area contributed by atoms with Crippen LogP contribution in [0.3, 0.4) is 0 Å². The van der Waals surface area contributed by atoms with Gasteiger partial charge in [0.1, 0.15) is 18.1 Å². The number of hydrogen-bond acceptors (Lipinski definition) is 4. The van der Waals surface area contributed by atoms with Gasteiger partial charge in [-0.2, -0.15) is 13.2 Å². The Labute approximate surface area is 187 Å². The molecule has 0 radical (unpaired) electrons. The van der Waals surface area contributed by atoms with Gasteiger partial charge in [0.2, 0.25) is 5.91 Å². The Bertz CT molecular complexity index is 1170. The summed E-state index contributed by atoms with van der Waals surface area (Å²) in [6, 6.07) is 13.4. The van der Waals surface area contributed by atoms with Crippen molar-refractivity contribution >= 4 is 17.5 Å². The lowest BCUT2D eigenvalue weighted by Crippen LogP contribution is -2.35. The largest absolute Gasteiger partial charge is 0.461 e. The minimum Gasteiger partial charge on any atom is -0.461 e. The first kappa shape index (κ1) is 22.6. The number of fused-ring (bicyclic) bond motifs is 1. The summed E-state index contributed by atoms with van der Waals surface area (Å²) in [6.45, 7) is 0.556. The number of anilines is 1. The molecule has 1 aliphatic rings. The zero-order valence-electron chi connectivity index (χ0n) is 17.7. The fourth-order valence-electron chi connectivity index (χ4n) is 3.71. The molecule has 0 atom stereocenters. The Hall–Kier alpha value is -3.59. The van der Waals surface area contributed by atoms with Gasteiger partial charge in [-0.15, -0.1) is 0 Å². The number of alkyl halides is 3. The third-order valence-corrected chi connectivity index (χ3v) is 5.32. The van der Waals surface area contributed by atoms with E-state index >= 15 is 0 Å². The second kappa shape index (κ2) is 9.11. The molecule has 0 saturated heterocycles. The van der Waals surface area contributed by atoms with Gasteiger partial charge in [-0.3, -0.25) is 9.59 Å². The summed E-state index contributed by atoms with van der Waals surface area (Å²) in [5.74, 6) is 0.647. The van der Waals surface area contributed by atoms with Crippen LogP contribution in [0, 0.1) is 0 Å². The molecule has 1 aliphatic heterocycles. The lowest BCUT2D eigenvalue weighted by molar-refractivity contribution is -0.137. The average molecular weight is 458 g/mol. The van der Waals surface area contributed by atoms with Crippen LogP contribution in [0.4, 0.5) is 18.9 Å². The first-order valence-electron chi connectivity index (χ1n) is 10.2. The number of carbonyl (C=O) groups is 2. The van der Waals surface area contributed by atoms with Crippen LogP contribution < -0.4 is 5.32 Å². The number of benzene rings is 2. The van der Waals surface area contributed by atoms with Crippen LogP contribution in [0.1, 0.15) is 27.2 Å². The molecular formula is C24H21F3N2O4. The molecular weight excluding hydrogens is 437 g/mol. The van der Waals surface area contributed by atoms with Crippen LogP contribution in [0.25, 0.3) is 11.3 Å². The molecule has 2 amide bonds. The van der Waals surface area contributed by atoms with E-state index in [0.717, 1.165) is 29.0 Å². The van der Waals surface area contributed by atoms with Crippen LogP contribution in [0.5, 0.6) is 0 Å². The summed E-state index contributed by atoms with van der Waals surface area (Å²) in [5, 5.41) is 2.71. The summed E-state index contributed by atoms with van der Waals surface area (Å²) in [6.07, 6.45) is -4.04. The number of furan rings is 1. The van der Waals surface area contributed by atoms with Crippen molar-refractivity contribution in [2.24, 2.45) is 0 Å². The first-order chi connectivity index (χ1) is 15.7. The topological polar surface area (TPSA) is 71.8 Å². The van der Waals surface area contributed by atoms with Gasteiger partial charge in [-0.25, -0.2) is 0 Å². The average Bonchev–Trinajstić information content (AvgIpc) is 3.22. The van der Waals surface area contributed by atoms with Gasteiger partial charge >= 0.3 is 6.18 Å². The maximum atomic E-state index is 13.0. The van der Waals surface area contributed by atoms with Crippen molar-refractivity contribution in [3.05, 3.63) is 77.0 Å². The quantitative estimate of drug-likeness (QED) is 0.599. The Balaban J connectivity index is 1.47. The molecule has 1 aromatic heterocycles. The minimum absolute atomic E-state index is 0.00287. The smallest absolute Gasteiger partial charge is 0.416 e. The summed E-state index contributed by atoms with van der Waals surface area (Å²) >= 11 is 0. The van der Waals surface area contributed by atoms with Crippen molar-refractivity contribution in [3.8, 4) is 11.3 Å². The number of ether oxygens (including phenoxy) is 1. The van der Waals surface area contributed by atoms with E-state index in [9.17, 15) is 22.8 Å². The van der Waals surface area contributed by atoms with Crippen molar-refractivity contribution in [2.45, 2.75) is 19.1 Å². The highest BCUT2D eigenvalue weighted by Gasteiger charge is 2.32. The lowest BCUT2D eigenvalue weighted by Gasteiger charge is -2.26. The third-order valence-electron chi connectivity index (χ3n) is 5.32. The highest BCUT2D eigenvalue weighted by Crippen LogP contribution is 2.32. The van der Waals surface area contributed by atoms with E-state index in [0.29, 0.717) is 24.4 Å². The van der Waals surface area contributed by atoms with Gasteiger partial charge in [0.15, 0.2) is 0 Å². The highest BCUT2D eigenvalue weighted by molar-refractivity contribution is 5.94. The number of carbonyl (C=O) groups excluding carboxylic acids is 2. The van der Waals surface area contributed by atoms with E-state index in [4.69, 9.17) is 9.15 Å². The summed E-state index contributed by atoms with van der Waals surface area (Å²) in [5.41, 5.74) is 1.38. The van der Waals surface area contributed by atoms with Crippen molar-refractivity contribution in [1.82, 2.24) is 4.90 Å². The van der Waals surface area contributed by atoms with Crippen LogP contribution >= 0.6 is 0 Å². The number of amides is 2. The second-order valence-corrected chi connectivity index (χ2v) is 7.67. The van der Waals surface area contributed by atoms with Crippen molar-refractivity contribution < 1.29 is 31.9 Å². The van der Waals surface area contributed by atoms with E-state index in [-0.39, 0.29) is 24.6 Å². The second-order valence-electron chi connectivity index (χ2n) is 7.67. The van der Waals surface area contributed by atoms with Crippen molar-refractivity contribution in [1.29, 1.82) is 0 Å². The minimum atomic E-state index is -4.51. The third kappa shape index (κ3) is 5.09. The predicted octanol–water partition coefficient (Wildman–Crippen LogP) is 4.75. The van der Waals surface area contributed by atoms with Gasteiger partial charge in [0, 0.05) is 49.0 Å². The number of nitrogens with one attached hydrogen (secondary N) is 1. The van der Waals surface area contributed by atoms with Gasteiger partial charge in [0.25, 0.3) is 5.91 Å². The van der Waals surface area contributed by atoms with Crippen LogP contribution in [-0.2, 0) is 28.7 Å². The van der Waals surface area contributed by atoms with Gasteiger partial charge in [0.05, 0.1) is 5.56 Å². The fourth-order valence-corrected chi connectivity index (χ4v) is 3.71. The van der Waals surface area contributed by atoms with E-state index < -0.39 is 17.6 Å². The lowest BCUT2D eigenvalue weighted by atomic mass is 10.0. The molecule has 2 aromatic carbocycles. The molecule has 1 N–H and O–H groups in total. The molecule has 172 valence electrons. The monoisotopic (exact) mass is 458 g/mol. The zero-order valence-corrected chi connectivity index (χ0v) is 17.7. The summed E-state index contributed by atoms with van der Waals surface area (Å²) < 4.78 is 49.7. The Morgan fingerprint density at radius 2 is 1.88 bits per heavy atom. The van der Waals surface area contributed by atoms with Crippen molar-refractivity contribution in [3.63, 3.8) is 0 Å². The van der Waals surface area contributed by atoms with E-state index in [1.165, 1.54) is 24.1 Å². The Morgan fingerprint density at radius 3 is 2.58 bits per heavy atom. The van der Waals surface area contributed by atoms with Gasteiger partial charge < -0.3 is 19.4 Å². The molecule has 0 bridgehead atoms. The molecule has 4 rings (SSSR count).